The number of methoxy groups -OCH3 is 1. The van der Waals surface area contributed by atoms with Crippen LogP contribution >= 0.6 is 11.3 Å². The zero-order chi connectivity index (χ0) is 22.1. The normalized spacial score (nSPS) is 10.8. The van der Waals surface area contributed by atoms with Crippen molar-refractivity contribution in [2.45, 2.75) is 0 Å². The summed E-state index contributed by atoms with van der Waals surface area (Å²) in [4.78, 5) is 37.7. The molecule has 0 fully saturated rings. The molecular formula is C22H19N3O5S. The number of thiophene rings is 1. The number of nitrogens with one attached hydrogen (secondary N) is 1. The molecule has 0 aliphatic rings. The Morgan fingerprint density at radius 3 is 2.13 bits per heavy atom. The van der Waals surface area contributed by atoms with Gasteiger partial charge in [-0.05, 0) is 41.8 Å². The Labute approximate surface area is 180 Å². The van der Waals surface area contributed by atoms with Crippen LogP contribution in [-0.2, 0) is 14.1 Å². The number of benzene rings is 2. The summed E-state index contributed by atoms with van der Waals surface area (Å²) < 4.78 is 13.7. The molecule has 0 aliphatic heterocycles. The monoisotopic (exact) mass is 437 g/mol. The maximum absolute atomic E-state index is 12.7. The Hall–Kier alpha value is -3.85. The third-order valence-electron chi connectivity index (χ3n) is 4.87. The van der Waals surface area contributed by atoms with Gasteiger partial charge in [0.15, 0.2) is 5.75 Å². The zero-order valence-corrected chi connectivity index (χ0v) is 17.9. The Morgan fingerprint density at radius 2 is 1.55 bits per heavy atom. The Bertz CT molecular complexity index is 1390. The van der Waals surface area contributed by atoms with E-state index in [1.54, 1.807) is 55.6 Å². The predicted octanol–water partition coefficient (Wildman–Crippen LogP) is 3.35. The number of carbonyl (C=O) groups excluding carboxylic acids is 1. The molecule has 0 unspecified atom stereocenters. The van der Waals surface area contributed by atoms with Crippen LogP contribution in [0, 0.1) is 0 Å². The topological polar surface area (TPSA) is 91.6 Å². The first-order chi connectivity index (χ1) is 14.9. The molecule has 2 aromatic carbocycles. The minimum atomic E-state index is -0.658. The third kappa shape index (κ3) is 3.82. The predicted molar refractivity (Wildman–Crippen MR) is 120 cm³/mol. The molecular weight excluding hydrogens is 418 g/mol. The van der Waals surface area contributed by atoms with Crippen molar-refractivity contribution in [2.75, 3.05) is 12.4 Å². The Kier molecular flexibility index (Phi) is 5.35. The van der Waals surface area contributed by atoms with E-state index >= 15 is 0 Å². The number of aromatic nitrogens is 2. The number of hydrogen-bond donors (Lipinski definition) is 1. The zero-order valence-electron chi connectivity index (χ0n) is 17.0. The summed E-state index contributed by atoms with van der Waals surface area (Å²) in [6, 6.07) is 13.7. The van der Waals surface area contributed by atoms with E-state index in [0.717, 1.165) is 0 Å². The number of ether oxygens (including phenoxy) is 2. The van der Waals surface area contributed by atoms with Crippen LogP contribution in [0.2, 0.25) is 0 Å². The van der Waals surface area contributed by atoms with E-state index in [9.17, 15) is 14.4 Å². The molecule has 0 bridgehead atoms. The van der Waals surface area contributed by atoms with Crippen molar-refractivity contribution in [3.63, 3.8) is 0 Å². The first-order valence-corrected chi connectivity index (χ1v) is 10.2. The van der Waals surface area contributed by atoms with Gasteiger partial charge < -0.3 is 23.9 Å². The number of hydrogen-bond acceptors (Lipinski definition) is 6. The average molecular weight is 437 g/mol. The van der Waals surface area contributed by atoms with Crippen molar-refractivity contribution in [3.8, 4) is 17.2 Å². The molecule has 0 aliphatic carbocycles. The van der Waals surface area contributed by atoms with E-state index in [1.165, 1.54) is 34.6 Å². The minimum Gasteiger partial charge on any atom is -0.497 e. The van der Waals surface area contributed by atoms with Crippen LogP contribution in [0.1, 0.15) is 9.67 Å². The van der Waals surface area contributed by atoms with Gasteiger partial charge in [-0.25, -0.2) is 0 Å². The highest BCUT2D eigenvalue weighted by molar-refractivity contribution is 7.12. The van der Waals surface area contributed by atoms with Crippen LogP contribution < -0.4 is 25.9 Å². The van der Waals surface area contributed by atoms with Crippen LogP contribution in [0.15, 0.2) is 63.5 Å². The van der Waals surface area contributed by atoms with Gasteiger partial charge in [0.1, 0.15) is 11.5 Å². The number of rotatable bonds is 5. The van der Waals surface area contributed by atoms with Gasteiger partial charge >= 0.3 is 11.1 Å². The molecule has 4 rings (SSSR count). The SMILES string of the molecule is COc1ccc(Oc2cc3c(cc2NC(=O)c2cccs2)n(C)c(=O)c(=O)n3C)cc1. The van der Waals surface area contributed by atoms with E-state index in [4.69, 9.17) is 9.47 Å². The largest absolute Gasteiger partial charge is 0.497 e. The molecule has 0 spiro atoms. The fourth-order valence-corrected chi connectivity index (χ4v) is 3.76. The molecule has 0 saturated heterocycles. The lowest BCUT2D eigenvalue weighted by molar-refractivity contribution is 0.103. The molecule has 0 atom stereocenters. The van der Waals surface area contributed by atoms with Gasteiger partial charge in [-0.1, -0.05) is 6.07 Å². The summed E-state index contributed by atoms with van der Waals surface area (Å²) in [6.07, 6.45) is 0. The third-order valence-corrected chi connectivity index (χ3v) is 5.74. The number of carbonyl (C=O) groups is 1. The van der Waals surface area contributed by atoms with Crippen LogP contribution in [-0.4, -0.2) is 22.2 Å². The summed E-state index contributed by atoms with van der Waals surface area (Å²) in [5.74, 6) is 1.22. The summed E-state index contributed by atoms with van der Waals surface area (Å²) in [5, 5.41) is 4.66. The number of amides is 1. The quantitative estimate of drug-likeness (QED) is 0.484. The van der Waals surface area contributed by atoms with E-state index in [-0.39, 0.29) is 5.91 Å². The van der Waals surface area contributed by atoms with E-state index in [2.05, 4.69) is 5.32 Å². The van der Waals surface area contributed by atoms with Gasteiger partial charge in [0.25, 0.3) is 5.91 Å². The van der Waals surface area contributed by atoms with Crippen molar-refractivity contribution in [1.29, 1.82) is 0 Å². The highest BCUT2D eigenvalue weighted by Gasteiger charge is 2.17. The van der Waals surface area contributed by atoms with E-state index in [0.29, 0.717) is 38.8 Å². The van der Waals surface area contributed by atoms with Crippen LogP contribution in [0.3, 0.4) is 0 Å². The van der Waals surface area contributed by atoms with Crippen molar-refractivity contribution in [1.82, 2.24) is 9.13 Å². The van der Waals surface area contributed by atoms with E-state index < -0.39 is 11.1 Å². The van der Waals surface area contributed by atoms with Crippen molar-refractivity contribution < 1.29 is 14.3 Å². The Morgan fingerprint density at radius 1 is 0.935 bits per heavy atom. The van der Waals surface area contributed by atoms with Crippen molar-refractivity contribution >= 4 is 34.0 Å². The maximum atomic E-state index is 12.7. The molecule has 0 saturated carbocycles. The highest BCUT2D eigenvalue weighted by atomic mass is 32.1. The lowest BCUT2D eigenvalue weighted by Gasteiger charge is -2.16. The first kappa shape index (κ1) is 20.4. The van der Waals surface area contributed by atoms with Crippen molar-refractivity contribution in [2.24, 2.45) is 14.1 Å². The molecule has 158 valence electrons. The van der Waals surface area contributed by atoms with Crippen LogP contribution in [0.25, 0.3) is 11.0 Å². The second-order valence-corrected chi connectivity index (χ2v) is 7.72. The number of aryl methyl sites for hydroxylation is 2. The van der Waals surface area contributed by atoms with Crippen LogP contribution in [0.5, 0.6) is 17.2 Å². The van der Waals surface area contributed by atoms with Gasteiger partial charge in [-0.15, -0.1) is 11.3 Å². The lowest BCUT2D eigenvalue weighted by atomic mass is 10.2. The molecule has 9 heteroatoms. The number of fused-ring (bicyclic) bond motifs is 1. The fourth-order valence-electron chi connectivity index (χ4n) is 3.15. The van der Waals surface area contributed by atoms with Gasteiger partial charge in [0, 0.05) is 20.2 Å². The van der Waals surface area contributed by atoms with Crippen molar-refractivity contribution in [3.05, 3.63) is 79.5 Å². The smallest absolute Gasteiger partial charge is 0.316 e. The first-order valence-electron chi connectivity index (χ1n) is 9.29. The molecule has 1 amide bonds. The number of anilines is 1. The fraction of sp³-hybridized carbons (Fsp3) is 0.136. The van der Waals surface area contributed by atoms with Crippen LogP contribution in [0.4, 0.5) is 5.69 Å². The average Bonchev–Trinajstić information content (AvgIpc) is 3.32. The second kappa shape index (κ2) is 8.11. The van der Waals surface area contributed by atoms with Gasteiger partial charge in [0.2, 0.25) is 0 Å². The molecule has 4 aromatic rings. The lowest BCUT2D eigenvalue weighted by Crippen LogP contribution is -2.39. The summed E-state index contributed by atoms with van der Waals surface area (Å²) in [6.45, 7) is 0. The molecule has 8 nitrogen and oxygen atoms in total. The summed E-state index contributed by atoms with van der Waals surface area (Å²) in [7, 11) is 4.61. The standard InChI is InChI=1S/C22H19N3O5S/c1-24-16-11-15(23-20(26)19-5-4-10-31-19)18(12-17(16)25(2)22(28)21(24)27)30-14-8-6-13(29-3)7-9-14/h4-12H,1-3H3,(H,23,26). The molecule has 1 N–H and O–H groups in total. The molecule has 31 heavy (non-hydrogen) atoms. The molecule has 2 aromatic heterocycles. The highest BCUT2D eigenvalue weighted by Crippen LogP contribution is 2.34. The number of nitrogens with zero attached hydrogens (tertiary/aromatic N) is 2. The molecule has 2 heterocycles. The maximum Gasteiger partial charge on any atom is 0.316 e. The van der Waals surface area contributed by atoms with Gasteiger partial charge in [-0.2, -0.15) is 0 Å². The summed E-state index contributed by atoms with van der Waals surface area (Å²) in [5.41, 5.74) is 0.0332. The summed E-state index contributed by atoms with van der Waals surface area (Å²) >= 11 is 1.31. The second-order valence-electron chi connectivity index (χ2n) is 6.77. The van der Waals surface area contributed by atoms with E-state index in [1.807, 2.05) is 5.38 Å². The van der Waals surface area contributed by atoms with Gasteiger partial charge in [0.05, 0.1) is 28.7 Å². The molecule has 0 radical (unpaired) electrons. The Balaban J connectivity index is 1.86. The van der Waals surface area contributed by atoms with Gasteiger partial charge in [-0.3, -0.25) is 14.4 Å². The minimum absolute atomic E-state index is 0.302.